The van der Waals surface area contributed by atoms with Crippen LogP contribution in [0.1, 0.15) is 41.7 Å². The van der Waals surface area contributed by atoms with Gasteiger partial charge in [-0.3, -0.25) is 4.79 Å². The van der Waals surface area contributed by atoms with Gasteiger partial charge >= 0.3 is 5.97 Å². The van der Waals surface area contributed by atoms with E-state index >= 15 is 0 Å². The van der Waals surface area contributed by atoms with Gasteiger partial charge in [-0.2, -0.15) is 0 Å². The predicted octanol–water partition coefficient (Wildman–Crippen LogP) is 1.62. The average Bonchev–Trinajstić information content (AvgIpc) is 3.32. The summed E-state index contributed by atoms with van der Waals surface area (Å²) in [4.78, 5) is 22.9. The highest BCUT2D eigenvalue weighted by atomic mass is 16.5. The second-order valence-electron chi connectivity index (χ2n) is 6.38. The van der Waals surface area contributed by atoms with Gasteiger partial charge in [-0.05, 0) is 37.8 Å². The van der Waals surface area contributed by atoms with E-state index in [-0.39, 0.29) is 30.8 Å². The number of carboxylic acids is 1. The molecule has 27 heavy (non-hydrogen) atoms. The smallest absolute Gasteiger partial charge is 0.358 e. The molecule has 3 rings (SSSR count). The maximum Gasteiger partial charge on any atom is 0.358 e. The number of carboxylic acid groups (broad SMARTS) is 1. The van der Waals surface area contributed by atoms with Gasteiger partial charge in [0.05, 0.1) is 19.4 Å². The minimum absolute atomic E-state index is 0.116. The molecule has 0 saturated heterocycles. The lowest BCUT2D eigenvalue weighted by Crippen LogP contribution is -2.27. The normalized spacial score (nSPS) is 14.1. The fraction of sp³-hybridized carbons (Fsp3) is 0.444. The van der Waals surface area contributed by atoms with Crippen LogP contribution in [0, 0.1) is 0 Å². The number of methoxy groups -OCH3 is 1. The summed E-state index contributed by atoms with van der Waals surface area (Å²) >= 11 is 0. The Morgan fingerprint density at radius 3 is 2.78 bits per heavy atom. The fourth-order valence-electron chi connectivity index (χ4n) is 2.97. The Labute approximate surface area is 156 Å². The molecule has 1 aromatic carbocycles. The van der Waals surface area contributed by atoms with E-state index in [4.69, 9.17) is 14.6 Å². The van der Waals surface area contributed by atoms with Crippen molar-refractivity contribution in [2.24, 2.45) is 0 Å². The van der Waals surface area contributed by atoms with Crippen LogP contribution in [-0.4, -0.2) is 45.2 Å². The van der Waals surface area contributed by atoms with Crippen molar-refractivity contribution in [2.75, 3.05) is 7.11 Å². The molecule has 0 spiro atoms. The first-order valence-corrected chi connectivity index (χ1v) is 8.79. The molecule has 2 aromatic rings. The molecule has 1 amide bonds. The Morgan fingerprint density at radius 2 is 2.11 bits per heavy atom. The van der Waals surface area contributed by atoms with Gasteiger partial charge in [0.2, 0.25) is 5.91 Å². The van der Waals surface area contributed by atoms with Crippen LogP contribution in [0.4, 0.5) is 0 Å². The van der Waals surface area contributed by atoms with Crippen molar-refractivity contribution in [3.8, 4) is 11.5 Å². The third kappa shape index (κ3) is 4.96. The number of carbonyl (C=O) groups is 2. The lowest BCUT2D eigenvalue weighted by molar-refractivity contribution is -0.122. The van der Waals surface area contributed by atoms with Crippen molar-refractivity contribution >= 4 is 11.9 Å². The summed E-state index contributed by atoms with van der Waals surface area (Å²) in [6, 6.07) is 5.51. The van der Waals surface area contributed by atoms with Crippen LogP contribution >= 0.6 is 0 Å². The summed E-state index contributed by atoms with van der Waals surface area (Å²) in [6.45, 7) is 0.167. The highest BCUT2D eigenvalue weighted by Gasteiger charge is 2.19. The van der Waals surface area contributed by atoms with Crippen molar-refractivity contribution in [1.29, 1.82) is 0 Å². The minimum atomic E-state index is -1.19. The van der Waals surface area contributed by atoms with Crippen LogP contribution in [0.25, 0.3) is 0 Å². The number of ether oxygens (including phenoxy) is 2. The number of nitrogens with one attached hydrogen (secondary N) is 1. The lowest BCUT2D eigenvalue weighted by atomic mass is 10.1. The first kappa shape index (κ1) is 18.7. The monoisotopic (exact) mass is 374 g/mol. The molecule has 0 unspecified atom stereocenters. The van der Waals surface area contributed by atoms with Crippen LogP contribution in [0.3, 0.4) is 0 Å². The van der Waals surface area contributed by atoms with Crippen LogP contribution < -0.4 is 14.8 Å². The molecule has 0 atom stereocenters. The Kier molecular flexibility index (Phi) is 5.90. The second-order valence-corrected chi connectivity index (χ2v) is 6.38. The van der Waals surface area contributed by atoms with E-state index in [1.54, 1.807) is 7.11 Å². The van der Waals surface area contributed by atoms with Crippen molar-refractivity contribution < 1.29 is 24.2 Å². The van der Waals surface area contributed by atoms with Crippen LogP contribution in [-0.2, 0) is 17.9 Å². The summed E-state index contributed by atoms with van der Waals surface area (Å²) in [5.41, 5.74) is 0.645. The van der Waals surface area contributed by atoms with Crippen molar-refractivity contribution in [1.82, 2.24) is 20.3 Å². The van der Waals surface area contributed by atoms with Gasteiger partial charge in [-0.1, -0.05) is 5.21 Å². The van der Waals surface area contributed by atoms with Crippen molar-refractivity contribution in [3.63, 3.8) is 0 Å². The fourth-order valence-corrected chi connectivity index (χ4v) is 2.97. The molecule has 0 aliphatic heterocycles. The minimum Gasteiger partial charge on any atom is -0.497 e. The first-order chi connectivity index (χ1) is 13.0. The number of benzene rings is 1. The molecular formula is C18H22N4O5. The number of hydrogen-bond donors (Lipinski definition) is 2. The van der Waals surface area contributed by atoms with Gasteiger partial charge in [-0.25, -0.2) is 9.48 Å². The Morgan fingerprint density at radius 1 is 1.33 bits per heavy atom. The van der Waals surface area contributed by atoms with Crippen molar-refractivity contribution in [2.45, 2.75) is 44.9 Å². The molecule has 1 aliphatic rings. The number of aromatic nitrogens is 3. The Balaban J connectivity index is 1.61. The highest BCUT2D eigenvalue weighted by molar-refractivity contribution is 5.84. The number of hydrogen-bond acceptors (Lipinski definition) is 6. The zero-order chi connectivity index (χ0) is 19.2. The van der Waals surface area contributed by atoms with E-state index in [2.05, 4.69) is 15.6 Å². The number of nitrogens with zero attached hydrogens (tertiary/aromatic N) is 3. The largest absolute Gasteiger partial charge is 0.497 e. The van der Waals surface area contributed by atoms with E-state index in [0.29, 0.717) is 11.5 Å². The summed E-state index contributed by atoms with van der Waals surface area (Å²) in [5.74, 6) is -0.0922. The van der Waals surface area contributed by atoms with E-state index in [9.17, 15) is 9.59 Å². The second kappa shape index (κ2) is 8.52. The maximum atomic E-state index is 12.1. The molecule has 1 aliphatic carbocycles. The predicted molar refractivity (Wildman–Crippen MR) is 94.7 cm³/mol. The zero-order valence-electron chi connectivity index (χ0n) is 15.1. The van der Waals surface area contributed by atoms with Gasteiger partial charge < -0.3 is 19.9 Å². The molecule has 1 aromatic heterocycles. The van der Waals surface area contributed by atoms with Gasteiger partial charge in [-0.15, -0.1) is 5.10 Å². The molecule has 2 N–H and O–H groups in total. The molecule has 1 fully saturated rings. The van der Waals surface area contributed by atoms with E-state index in [1.807, 2.05) is 18.2 Å². The Bertz CT molecular complexity index is 814. The molecule has 0 radical (unpaired) electrons. The summed E-state index contributed by atoms with van der Waals surface area (Å²) in [6.07, 6.45) is 5.79. The van der Waals surface area contributed by atoms with E-state index in [0.717, 1.165) is 31.2 Å². The van der Waals surface area contributed by atoms with Gasteiger partial charge in [0.15, 0.2) is 5.69 Å². The standard InChI is InChI=1S/C18H22N4O5/c1-26-14-7-6-12(16(8-14)27-13-4-2-3-5-13)9-19-17(23)11-22-10-15(18(24)25)20-21-22/h6-8,10,13H,2-5,9,11H2,1H3,(H,19,23)(H,24,25). The number of carbonyl (C=O) groups excluding carboxylic acids is 1. The van der Waals surface area contributed by atoms with Gasteiger partial charge in [0.25, 0.3) is 0 Å². The van der Waals surface area contributed by atoms with Gasteiger partial charge in [0, 0.05) is 18.2 Å². The number of rotatable bonds is 8. The van der Waals surface area contributed by atoms with Crippen molar-refractivity contribution in [3.05, 3.63) is 35.7 Å². The first-order valence-electron chi connectivity index (χ1n) is 8.79. The van der Waals surface area contributed by atoms with E-state index in [1.165, 1.54) is 10.9 Å². The molecule has 9 heteroatoms. The lowest BCUT2D eigenvalue weighted by Gasteiger charge is -2.18. The molecule has 144 valence electrons. The molecular weight excluding hydrogens is 352 g/mol. The third-order valence-electron chi connectivity index (χ3n) is 4.41. The van der Waals surface area contributed by atoms with Crippen LogP contribution in [0.15, 0.2) is 24.4 Å². The van der Waals surface area contributed by atoms with E-state index < -0.39 is 5.97 Å². The topological polar surface area (TPSA) is 116 Å². The quantitative estimate of drug-likeness (QED) is 0.721. The molecule has 0 bridgehead atoms. The summed E-state index contributed by atoms with van der Waals surface area (Å²) in [7, 11) is 1.60. The molecule has 1 saturated carbocycles. The maximum absolute atomic E-state index is 12.1. The highest BCUT2D eigenvalue weighted by Crippen LogP contribution is 2.29. The van der Waals surface area contributed by atoms with Crippen LogP contribution in [0.2, 0.25) is 0 Å². The van der Waals surface area contributed by atoms with Crippen LogP contribution in [0.5, 0.6) is 11.5 Å². The number of aromatic carboxylic acids is 1. The molecule has 9 nitrogen and oxygen atoms in total. The zero-order valence-corrected chi connectivity index (χ0v) is 15.1. The Hall–Kier alpha value is -3.10. The number of amides is 1. The molecule has 1 heterocycles. The third-order valence-corrected chi connectivity index (χ3v) is 4.41. The average molecular weight is 374 g/mol. The summed E-state index contributed by atoms with van der Waals surface area (Å²) < 4.78 is 12.6. The summed E-state index contributed by atoms with van der Waals surface area (Å²) in [5, 5.41) is 18.7. The SMILES string of the molecule is COc1ccc(CNC(=O)Cn2cc(C(=O)O)nn2)c(OC2CCCC2)c1. The van der Waals surface area contributed by atoms with Gasteiger partial charge in [0.1, 0.15) is 18.0 Å².